The van der Waals surface area contributed by atoms with E-state index >= 15 is 0 Å². The molecule has 0 bridgehead atoms. The molecule has 7 heteroatoms. The number of halogens is 1. The van der Waals surface area contributed by atoms with E-state index in [0.29, 0.717) is 13.1 Å². The highest BCUT2D eigenvalue weighted by atomic mass is 79.9. The van der Waals surface area contributed by atoms with Crippen LogP contribution in [0.2, 0.25) is 0 Å². The van der Waals surface area contributed by atoms with Crippen LogP contribution in [0.15, 0.2) is 46.2 Å². The van der Waals surface area contributed by atoms with Gasteiger partial charge in [0, 0.05) is 22.8 Å². The lowest BCUT2D eigenvalue weighted by Crippen LogP contribution is -2.25. The molecular formula is C12H10BrN3O2S. The molecule has 0 aliphatic carbocycles. The third-order valence-electron chi connectivity index (χ3n) is 3.01. The minimum absolute atomic E-state index is 0.288. The Balaban J connectivity index is 1.94. The summed E-state index contributed by atoms with van der Waals surface area (Å²) in [5, 5.41) is 0. The Hall–Kier alpha value is -1.31. The van der Waals surface area contributed by atoms with Gasteiger partial charge >= 0.3 is 0 Å². The van der Waals surface area contributed by atoms with Crippen molar-refractivity contribution in [1.82, 2.24) is 14.3 Å². The monoisotopic (exact) mass is 339 g/mol. The van der Waals surface area contributed by atoms with E-state index in [9.17, 15) is 8.42 Å². The molecule has 0 atom stereocenters. The molecular weight excluding hydrogens is 330 g/mol. The number of nitrogens with zero attached hydrogens (tertiary/aromatic N) is 3. The van der Waals surface area contributed by atoms with Crippen molar-refractivity contribution in [2.24, 2.45) is 0 Å². The van der Waals surface area contributed by atoms with E-state index in [1.807, 2.05) is 0 Å². The van der Waals surface area contributed by atoms with Crippen molar-refractivity contribution in [3.63, 3.8) is 0 Å². The number of rotatable bonds is 2. The smallest absolute Gasteiger partial charge is 0.243 e. The molecule has 0 fully saturated rings. The van der Waals surface area contributed by atoms with E-state index in [-0.39, 0.29) is 4.90 Å². The third kappa shape index (κ3) is 2.29. The normalized spacial score (nSPS) is 15.4. The number of hydrogen-bond acceptors (Lipinski definition) is 4. The second-order valence-corrected chi connectivity index (χ2v) is 7.08. The summed E-state index contributed by atoms with van der Waals surface area (Å²) in [6, 6.07) is 6.62. The van der Waals surface area contributed by atoms with Gasteiger partial charge in [-0.15, -0.1) is 0 Å². The van der Waals surface area contributed by atoms with Gasteiger partial charge < -0.3 is 0 Å². The Bertz CT molecular complexity index is 691. The predicted molar refractivity (Wildman–Crippen MR) is 72.6 cm³/mol. The molecule has 1 aromatic carbocycles. The van der Waals surface area contributed by atoms with Crippen LogP contribution in [-0.2, 0) is 23.1 Å². The van der Waals surface area contributed by atoms with E-state index in [1.54, 1.807) is 30.5 Å². The van der Waals surface area contributed by atoms with Gasteiger partial charge in [-0.05, 0) is 24.3 Å². The highest BCUT2D eigenvalue weighted by Crippen LogP contribution is 2.27. The number of aromatic nitrogens is 2. The molecule has 0 saturated carbocycles. The van der Waals surface area contributed by atoms with Crippen molar-refractivity contribution in [2.75, 3.05) is 0 Å². The molecule has 0 spiro atoms. The quantitative estimate of drug-likeness (QED) is 0.838. The van der Waals surface area contributed by atoms with E-state index < -0.39 is 10.0 Å². The summed E-state index contributed by atoms with van der Waals surface area (Å²) in [5.74, 6) is 0. The highest BCUT2D eigenvalue weighted by Gasteiger charge is 2.31. The fourth-order valence-corrected chi connectivity index (χ4v) is 3.64. The molecule has 1 aromatic heterocycles. The average molecular weight is 340 g/mol. The third-order valence-corrected chi connectivity index (χ3v) is 5.34. The summed E-state index contributed by atoms with van der Waals surface area (Å²) in [6.45, 7) is 0.630. The molecule has 0 amide bonds. The van der Waals surface area contributed by atoms with Crippen molar-refractivity contribution in [3.8, 4) is 0 Å². The van der Waals surface area contributed by atoms with Crippen LogP contribution < -0.4 is 0 Å². The first-order valence-corrected chi connectivity index (χ1v) is 7.84. The first-order chi connectivity index (χ1) is 9.07. The van der Waals surface area contributed by atoms with Crippen LogP contribution in [0.4, 0.5) is 0 Å². The molecule has 0 saturated heterocycles. The van der Waals surface area contributed by atoms with Crippen LogP contribution >= 0.6 is 15.9 Å². The number of sulfonamides is 1. The highest BCUT2D eigenvalue weighted by molar-refractivity contribution is 9.10. The fraction of sp³-hybridized carbons (Fsp3) is 0.167. The molecule has 1 aliphatic heterocycles. The second kappa shape index (κ2) is 4.66. The molecule has 19 heavy (non-hydrogen) atoms. The number of hydrogen-bond donors (Lipinski definition) is 0. The molecule has 1 aliphatic rings. The molecule has 3 rings (SSSR count). The average Bonchev–Trinajstić information content (AvgIpc) is 2.83. The molecule has 98 valence electrons. The molecule has 2 heterocycles. The van der Waals surface area contributed by atoms with Crippen LogP contribution in [0, 0.1) is 0 Å². The van der Waals surface area contributed by atoms with Gasteiger partial charge in [-0.3, -0.25) is 0 Å². The van der Waals surface area contributed by atoms with Gasteiger partial charge in [0.15, 0.2) is 0 Å². The summed E-state index contributed by atoms with van der Waals surface area (Å²) in [6.07, 6.45) is 3.11. The summed E-state index contributed by atoms with van der Waals surface area (Å²) in [5.41, 5.74) is 1.64. The van der Waals surface area contributed by atoms with Crippen molar-refractivity contribution in [1.29, 1.82) is 0 Å². The van der Waals surface area contributed by atoms with Gasteiger partial charge in [-0.2, -0.15) is 4.31 Å². The molecule has 0 N–H and O–H groups in total. The van der Waals surface area contributed by atoms with Gasteiger partial charge in [0.2, 0.25) is 10.0 Å². The minimum Gasteiger partial charge on any atom is -0.244 e. The maximum Gasteiger partial charge on any atom is 0.243 e. The fourth-order valence-electron chi connectivity index (χ4n) is 2.00. The van der Waals surface area contributed by atoms with Gasteiger partial charge in [-0.25, -0.2) is 18.4 Å². The Kier molecular flexibility index (Phi) is 3.12. The van der Waals surface area contributed by atoms with Crippen LogP contribution in [0.5, 0.6) is 0 Å². The lowest BCUT2D eigenvalue weighted by Gasteiger charge is -2.15. The predicted octanol–water partition coefficient (Wildman–Crippen LogP) is 1.94. The van der Waals surface area contributed by atoms with Crippen LogP contribution in [0.3, 0.4) is 0 Å². The Morgan fingerprint density at radius 2 is 1.89 bits per heavy atom. The van der Waals surface area contributed by atoms with Crippen LogP contribution in [0.25, 0.3) is 0 Å². The van der Waals surface area contributed by atoms with E-state index in [1.165, 1.54) is 10.6 Å². The van der Waals surface area contributed by atoms with Crippen molar-refractivity contribution < 1.29 is 8.42 Å². The van der Waals surface area contributed by atoms with Gasteiger partial charge in [-0.1, -0.05) is 15.9 Å². The molecule has 0 unspecified atom stereocenters. The number of fused-ring (bicyclic) bond motifs is 1. The first-order valence-electron chi connectivity index (χ1n) is 5.61. The zero-order chi connectivity index (χ0) is 13.5. The second-order valence-electron chi connectivity index (χ2n) is 4.22. The van der Waals surface area contributed by atoms with E-state index in [4.69, 9.17) is 0 Å². The van der Waals surface area contributed by atoms with Gasteiger partial charge in [0.25, 0.3) is 0 Å². The largest absolute Gasteiger partial charge is 0.244 e. The zero-order valence-electron chi connectivity index (χ0n) is 9.82. The Morgan fingerprint density at radius 1 is 1.16 bits per heavy atom. The molecule has 5 nitrogen and oxygen atoms in total. The summed E-state index contributed by atoms with van der Waals surface area (Å²) >= 11 is 3.29. The SMILES string of the molecule is O=S(=O)(c1ccc(Br)cc1)N1Cc2cncnc2C1. The van der Waals surface area contributed by atoms with Crippen LogP contribution in [0.1, 0.15) is 11.3 Å². The summed E-state index contributed by atoms with van der Waals surface area (Å²) in [4.78, 5) is 8.31. The lowest BCUT2D eigenvalue weighted by atomic mass is 10.3. The van der Waals surface area contributed by atoms with Gasteiger partial charge in [0.1, 0.15) is 6.33 Å². The number of benzene rings is 1. The standard InChI is InChI=1S/C12H10BrN3O2S/c13-10-1-3-11(4-2-10)19(17,18)16-6-9-5-14-8-15-12(9)7-16/h1-5,8H,6-7H2. The van der Waals surface area contributed by atoms with Crippen molar-refractivity contribution in [3.05, 3.63) is 52.5 Å². The first kappa shape index (κ1) is 12.7. The zero-order valence-corrected chi connectivity index (χ0v) is 12.2. The summed E-state index contributed by atoms with van der Waals surface area (Å²) < 4.78 is 27.2. The maximum atomic E-state index is 12.5. The van der Waals surface area contributed by atoms with E-state index in [2.05, 4.69) is 25.9 Å². The van der Waals surface area contributed by atoms with Crippen molar-refractivity contribution >= 4 is 26.0 Å². The maximum absolute atomic E-state index is 12.5. The molecule has 0 radical (unpaired) electrons. The summed E-state index contributed by atoms with van der Waals surface area (Å²) in [7, 11) is -3.48. The van der Waals surface area contributed by atoms with Gasteiger partial charge in [0.05, 0.1) is 17.1 Å². The lowest BCUT2D eigenvalue weighted by molar-refractivity contribution is 0.429. The van der Waals surface area contributed by atoms with Crippen LogP contribution in [-0.4, -0.2) is 22.7 Å². The Morgan fingerprint density at radius 3 is 2.58 bits per heavy atom. The Labute approximate surface area is 119 Å². The molecule has 2 aromatic rings. The topological polar surface area (TPSA) is 63.2 Å². The van der Waals surface area contributed by atoms with Crippen molar-refractivity contribution in [2.45, 2.75) is 18.0 Å². The minimum atomic E-state index is -3.48. The van der Waals surface area contributed by atoms with E-state index in [0.717, 1.165) is 15.7 Å².